The predicted octanol–water partition coefficient (Wildman–Crippen LogP) is 2.95. The Morgan fingerprint density at radius 3 is 2.48 bits per heavy atom. The molecule has 0 spiro atoms. The van der Waals surface area contributed by atoms with E-state index in [0.717, 1.165) is 6.07 Å². The number of carbonyl (C=O) groups is 1. The Morgan fingerprint density at radius 1 is 1.04 bits per heavy atom. The van der Waals surface area contributed by atoms with Crippen molar-refractivity contribution < 1.29 is 17.6 Å². The minimum absolute atomic E-state index is 0.0172. The minimum Gasteiger partial charge on any atom is -0.321 e. The highest BCUT2D eigenvalue weighted by Gasteiger charge is 2.14. The molecule has 138 valence electrons. The number of nitrogens with one attached hydrogen (secondary N) is 2. The van der Waals surface area contributed by atoms with Gasteiger partial charge in [-0.25, -0.2) is 17.5 Å². The maximum atomic E-state index is 13.2. The summed E-state index contributed by atoms with van der Waals surface area (Å²) in [5, 5.41) is 2.71. The van der Waals surface area contributed by atoms with Crippen LogP contribution in [0.2, 0.25) is 0 Å². The summed E-state index contributed by atoms with van der Waals surface area (Å²) in [4.78, 5) is 15.9. The standard InChI is InChI=1S/C19H16FN3O3S/c20-16-3-1-5-18(11-16)27(25,26)22-12-14-6-8-15(9-7-14)19(24)23-17-4-2-10-21-13-17/h1-11,13,22H,12H2,(H,23,24). The molecule has 0 aliphatic rings. The number of pyridine rings is 1. The molecule has 1 heterocycles. The number of nitrogens with zero attached hydrogens (tertiary/aromatic N) is 1. The molecule has 0 unspecified atom stereocenters. The molecule has 2 aromatic carbocycles. The zero-order chi connectivity index (χ0) is 19.3. The molecule has 1 amide bonds. The topological polar surface area (TPSA) is 88.2 Å². The van der Waals surface area contributed by atoms with Crippen LogP contribution in [0.4, 0.5) is 10.1 Å². The summed E-state index contributed by atoms with van der Waals surface area (Å²) in [6.07, 6.45) is 3.14. The summed E-state index contributed by atoms with van der Waals surface area (Å²) in [6.45, 7) is 0.0172. The lowest BCUT2D eigenvalue weighted by atomic mass is 10.1. The molecule has 0 atom stereocenters. The first-order chi connectivity index (χ1) is 12.9. The predicted molar refractivity (Wildman–Crippen MR) is 99.1 cm³/mol. The largest absolute Gasteiger partial charge is 0.321 e. The van der Waals surface area contributed by atoms with Crippen LogP contribution in [0.15, 0.2) is 78.0 Å². The van der Waals surface area contributed by atoms with E-state index in [1.165, 1.54) is 24.4 Å². The highest BCUT2D eigenvalue weighted by Crippen LogP contribution is 2.12. The van der Waals surface area contributed by atoms with Gasteiger partial charge in [0.2, 0.25) is 10.0 Å². The SMILES string of the molecule is O=C(Nc1cccnc1)c1ccc(CNS(=O)(=O)c2cccc(F)c2)cc1. The maximum Gasteiger partial charge on any atom is 0.255 e. The Bertz CT molecular complexity index is 1040. The first kappa shape index (κ1) is 18.7. The zero-order valence-corrected chi connectivity index (χ0v) is 14.9. The number of hydrogen-bond donors (Lipinski definition) is 2. The molecule has 0 radical (unpaired) electrons. The van der Waals surface area contributed by atoms with Gasteiger partial charge in [0.05, 0.1) is 16.8 Å². The quantitative estimate of drug-likeness (QED) is 0.683. The fourth-order valence-electron chi connectivity index (χ4n) is 2.31. The van der Waals surface area contributed by atoms with Crippen LogP contribution >= 0.6 is 0 Å². The van der Waals surface area contributed by atoms with Crippen molar-refractivity contribution in [1.29, 1.82) is 0 Å². The summed E-state index contributed by atoms with van der Waals surface area (Å²) in [5.74, 6) is -0.920. The molecular weight excluding hydrogens is 369 g/mol. The van der Waals surface area contributed by atoms with Gasteiger partial charge in [-0.1, -0.05) is 18.2 Å². The Labute approximate surface area is 156 Å². The van der Waals surface area contributed by atoms with E-state index in [2.05, 4.69) is 15.0 Å². The van der Waals surface area contributed by atoms with Gasteiger partial charge in [-0.15, -0.1) is 0 Å². The first-order valence-corrected chi connectivity index (χ1v) is 9.48. The molecule has 3 aromatic rings. The molecule has 0 bridgehead atoms. The summed E-state index contributed by atoms with van der Waals surface area (Å²) < 4.78 is 40.0. The van der Waals surface area contributed by atoms with Crippen LogP contribution in [-0.4, -0.2) is 19.3 Å². The van der Waals surface area contributed by atoms with E-state index in [9.17, 15) is 17.6 Å². The highest BCUT2D eigenvalue weighted by molar-refractivity contribution is 7.89. The van der Waals surface area contributed by atoms with E-state index in [0.29, 0.717) is 16.8 Å². The van der Waals surface area contributed by atoms with E-state index in [1.54, 1.807) is 42.6 Å². The van der Waals surface area contributed by atoms with Gasteiger partial charge in [0.25, 0.3) is 5.91 Å². The second kappa shape index (κ2) is 8.07. The van der Waals surface area contributed by atoms with Crippen molar-refractivity contribution in [2.24, 2.45) is 0 Å². The second-order valence-electron chi connectivity index (χ2n) is 5.67. The van der Waals surface area contributed by atoms with E-state index < -0.39 is 15.8 Å². The van der Waals surface area contributed by atoms with Gasteiger partial charge in [0.1, 0.15) is 5.82 Å². The molecule has 0 aliphatic heterocycles. The molecule has 6 nitrogen and oxygen atoms in total. The lowest BCUT2D eigenvalue weighted by molar-refractivity contribution is 0.102. The van der Waals surface area contributed by atoms with Crippen LogP contribution < -0.4 is 10.0 Å². The summed E-state index contributed by atoms with van der Waals surface area (Å²) in [6, 6.07) is 14.7. The van der Waals surface area contributed by atoms with Crippen molar-refractivity contribution in [2.45, 2.75) is 11.4 Å². The van der Waals surface area contributed by atoms with Crippen LogP contribution in [0.3, 0.4) is 0 Å². The van der Waals surface area contributed by atoms with Gasteiger partial charge < -0.3 is 5.32 Å². The molecule has 3 rings (SSSR count). The van der Waals surface area contributed by atoms with E-state index in [-0.39, 0.29) is 17.3 Å². The average Bonchev–Trinajstić information content (AvgIpc) is 2.68. The summed E-state index contributed by atoms with van der Waals surface area (Å²) in [7, 11) is -3.82. The summed E-state index contributed by atoms with van der Waals surface area (Å²) in [5.41, 5.74) is 1.66. The lowest BCUT2D eigenvalue weighted by Crippen LogP contribution is -2.23. The Balaban J connectivity index is 1.63. The Hall–Kier alpha value is -3.10. The van der Waals surface area contributed by atoms with Crippen molar-refractivity contribution in [1.82, 2.24) is 9.71 Å². The van der Waals surface area contributed by atoms with Gasteiger partial charge in [-0.3, -0.25) is 9.78 Å². The number of hydrogen-bond acceptors (Lipinski definition) is 4. The van der Waals surface area contributed by atoms with Crippen molar-refractivity contribution in [3.05, 3.63) is 90.0 Å². The van der Waals surface area contributed by atoms with Crippen molar-refractivity contribution >= 4 is 21.6 Å². The number of halogens is 1. The van der Waals surface area contributed by atoms with Crippen LogP contribution in [0.5, 0.6) is 0 Å². The molecule has 8 heteroatoms. The fourth-order valence-corrected chi connectivity index (χ4v) is 3.36. The molecule has 0 saturated heterocycles. The van der Waals surface area contributed by atoms with Crippen LogP contribution in [0.1, 0.15) is 15.9 Å². The summed E-state index contributed by atoms with van der Waals surface area (Å²) >= 11 is 0. The smallest absolute Gasteiger partial charge is 0.255 e. The zero-order valence-electron chi connectivity index (χ0n) is 14.1. The normalized spacial score (nSPS) is 11.1. The van der Waals surface area contributed by atoms with Gasteiger partial charge in [0.15, 0.2) is 0 Å². The maximum absolute atomic E-state index is 13.2. The monoisotopic (exact) mass is 385 g/mol. The van der Waals surface area contributed by atoms with Gasteiger partial charge in [-0.05, 0) is 48.0 Å². The molecule has 27 heavy (non-hydrogen) atoms. The second-order valence-corrected chi connectivity index (χ2v) is 7.44. The van der Waals surface area contributed by atoms with Crippen molar-refractivity contribution in [2.75, 3.05) is 5.32 Å². The van der Waals surface area contributed by atoms with Crippen molar-refractivity contribution in [3.63, 3.8) is 0 Å². The highest BCUT2D eigenvalue weighted by atomic mass is 32.2. The van der Waals surface area contributed by atoms with E-state index in [4.69, 9.17) is 0 Å². The number of carbonyl (C=O) groups excluding carboxylic acids is 1. The number of rotatable bonds is 6. The molecule has 0 saturated carbocycles. The number of anilines is 1. The third kappa shape index (κ3) is 4.96. The molecule has 2 N–H and O–H groups in total. The molecule has 0 aliphatic carbocycles. The van der Waals surface area contributed by atoms with Crippen LogP contribution in [0.25, 0.3) is 0 Å². The lowest BCUT2D eigenvalue weighted by Gasteiger charge is -2.08. The molecule has 1 aromatic heterocycles. The number of sulfonamides is 1. The van der Waals surface area contributed by atoms with Crippen LogP contribution in [0, 0.1) is 5.82 Å². The van der Waals surface area contributed by atoms with Gasteiger partial charge >= 0.3 is 0 Å². The van der Waals surface area contributed by atoms with E-state index >= 15 is 0 Å². The van der Waals surface area contributed by atoms with E-state index in [1.807, 2.05) is 0 Å². The average molecular weight is 385 g/mol. The Kier molecular flexibility index (Phi) is 5.58. The minimum atomic E-state index is -3.82. The number of aromatic nitrogens is 1. The number of amides is 1. The Morgan fingerprint density at radius 2 is 1.81 bits per heavy atom. The third-order valence-corrected chi connectivity index (χ3v) is 5.11. The van der Waals surface area contributed by atoms with Crippen LogP contribution in [-0.2, 0) is 16.6 Å². The fraction of sp³-hybridized carbons (Fsp3) is 0.0526. The third-order valence-electron chi connectivity index (χ3n) is 3.71. The molecule has 0 fully saturated rings. The van der Waals surface area contributed by atoms with Gasteiger partial charge in [0, 0.05) is 18.3 Å². The number of benzene rings is 2. The first-order valence-electron chi connectivity index (χ1n) is 7.99. The van der Waals surface area contributed by atoms with Crippen molar-refractivity contribution in [3.8, 4) is 0 Å². The molecular formula is C19H16FN3O3S. The van der Waals surface area contributed by atoms with Gasteiger partial charge in [-0.2, -0.15) is 0 Å².